The van der Waals surface area contributed by atoms with E-state index in [0.717, 1.165) is 11.6 Å². The van der Waals surface area contributed by atoms with Crippen LogP contribution in [0.15, 0.2) is 12.4 Å². The number of rotatable bonds is 5. The Hall–Kier alpha value is -1.36. The Morgan fingerprint density at radius 1 is 1.21 bits per heavy atom. The predicted octanol–water partition coefficient (Wildman–Crippen LogP) is 2.37. The van der Waals surface area contributed by atoms with E-state index in [9.17, 15) is 0 Å². The van der Waals surface area contributed by atoms with Crippen LogP contribution >= 0.6 is 0 Å². The van der Waals surface area contributed by atoms with Gasteiger partial charge < -0.3 is 16.4 Å². The molecule has 106 valence electrons. The van der Waals surface area contributed by atoms with Crippen LogP contribution < -0.4 is 16.4 Å². The Morgan fingerprint density at radius 3 is 2.58 bits per heavy atom. The van der Waals surface area contributed by atoms with Gasteiger partial charge in [-0.3, -0.25) is 0 Å². The van der Waals surface area contributed by atoms with Crippen LogP contribution in [0.1, 0.15) is 46.0 Å². The van der Waals surface area contributed by atoms with Crippen LogP contribution in [-0.4, -0.2) is 28.1 Å². The molecule has 0 bridgehead atoms. The van der Waals surface area contributed by atoms with Crippen molar-refractivity contribution in [1.82, 2.24) is 9.97 Å². The molecule has 1 saturated carbocycles. The maximum Gasteiger partial charge on any atom is 0.131 e. The number of nitrogens with two attached hydrogens (primary N) is 1. The number of hydrogen-bond acceptors (Lipinski definition) is 5. The third kappa shape index (κ3) is 4.35. The average Bonchev–Trinajstić information content (AvgIpc) is 2.40. The second kappa shape index (κ2) is 6.19. The van der Waals surface area contributed by atoms with E-state index in [4.69, 9.17) is 5.73 Å². The van der Waals surface area contributed by atoms with Crippen LogP contribution in [-0.2, 0) is 0 Å². The number of aromatic nitrogens is 2. The van der Waals surface area contributed by atoms with Crippen molar-refractivity contribution in [2.45, 2.75) is 57.5 Å². The molecule has 4 N–H and O–H groups in total. The topological polar surface area (TPSA) is 75.9 Å². The summed E-state index contributed by atoms with van der Waals surface area (Å²) in [5, 5.41) is 6.83. The molecule has 0 atom stereocenters. The van der Waals surface area contributed by atoms with Gasteiger partial charge in [-0.25, -0.2) is 9.97 Å². The first-order valence-electron chi connectivity index (χ1n) is 7.16. The minimum atomic E-state index is -0.156. The van der Waals surface area contributed by atoms with Gasteiger partial charge in [0.05, 0.1) is 0 Å². The summed E-state index contributed by atoms with van der Waals surface area (Å²) in [4.78, 5) is 8.54. The fourth-order valence-corrected chi connectivity index (χ4v) is 2.36. The minimum Gasteiger partial charge on any atom is -0.367 e. The maximum atomic E-state index is 5.72. The second-order valence-corrected chi connectivity index (χ2v) is 5.98. The van der Waals surface area contributed by atoms with Gasteiger partial charge in [-0.1, -0.05) is 19.3 Å². The summed E-state index contributed by atoms with van der Waals surface area (Å²) in [6.07, 6.45) is 8.06. The smallest absolute Gasteiger partial charge is 0.131 e. The summed E-state index contributed by atoms with van der Waals surface area (Å²) in [5.41, 5.74) is 5.56. The highest BCUT2D eigenvalue weighted by Gasteiger charge is 2.17. The zero-order chi connectivity index (χ0) is 13.7. The van der Waals surface area contributed by atoms with E-state index in [1.165, 1.54) is 32.1 Å². The van der Waals surface area contributed by atoms with Gasteiger partial charge in [0.1, 0.15) is 18.0 Å². The molecule has 0 amide bonds. The number of nitrogens with zero attached hydrogens (tertiary/aromatic N) is 2. The van der Waals surface area contributed by atoms with E-state index in [1.54, 1.807) is 6.33 Å². The molecule has 1 aliphatic rings. The van der Waals surface area contributed by atoms with Crippen molar-refractivity contribution in [2.24, 2.45) is 5.73 Å². The molecular weight excluding hydrogens is 238 g/mol. The van der Waals surface area contributed by atoms with Crippen molar-refractivity contribution < 1.29 is 0 Å². The van der Waals surface area contributed by atoms with E-state index in [2.05, 4.69) is 34.4 Å². The van der Waals surface area contributed by atoms with Crippen LogP contribution in [0, 0.1) is 0 Å². The lowest BCUT2D eigenvalue weighted by molar-refractivity contribution is 0.462. The summed E-state index contributed by atoms with van der Waals surface area (Å²) >= 11 is 0. The van der Waals surface area contributed by atoms with Gasteiger partial charge in [-0.15, -0.1) is 0 Å². The third-order valence-corrected chi connectivity index (χ3v) is 3.60. The Morgan fingerprint density at radius 2 is 1.89 bits per heavy atom. The minimum absolute atomic E-state index is 0.156. The summed E-state index contributed by atoms with van der Waals surface area (Å²) in [6.45, 7) is 4.68. The maximum absolute atomic E-state index is 5.72. The quantitative estimate of drug-likeness (QED) is 0.760. The molecule has 1 fully saturated rings. The van der Waals surface area contributed by atoms with Gasteiger partial charge >= 0.3 is 0 Å². The molecule has 2 rings (SSSR count). The van der Waals surface area contributed by atoms with Gasteiger partial charge in [0.15, 0.2) is 0 Å². The van der Waals surface area contributed by atoms with Crippen LogP contribution in [0.25, 0.3) is 0 Å². The molecule has 0 spiro atoms. The summed E-state index contributed by atoms with van der Waals surface area (Å²) in [6, 6.07) is 2.52. The van der Waals surface area contributed by atoms with Crippen LogP contribution in [0.5, 0.6) is 0 Å². The molecule has 1 heterocycles. The van der Waals surface area contributed by atoms with Crippen molar-refractivity contribution in [3.8, 4) is 0 Å². The molecule has 0 aromatic carbocycles. The third-order valence-electron chi connectivity index (χ3n) is 3.60. The normalized spacial score (nSPS) is 17.2. The van der Waals surface area contributed by atoms with E-state index in [1.807, 2.05) is 6.07 Å². The first kappa shape index (κ1) is 14.1. The van der Waals surface area contributed by atoms with Crippen LogP contribution in [0.4, 0.5) is 11.6 Å². The monoisotopic (exact) mass is 263 g/mol. The predicted molar refractivity (Wildman–Crippen MR) is 79.3 cm³/mol. The molecule has 0 saturated heterocycles. The molecule has 5 heteroatoms. The Balaban J connectivity index is 1.98. The molecule has 0 radical (unpaired) electrons. The highest BCUT2D eigenvalue weighted by Crippen LogP contribution is 2.21. The molecular formula is C14H25N5. The molecule has 0 aliphatic heterocycles. The number of nitrogens with one attached hydrogen (secondary N) is 2. The highest BCUT2D eigenvalue weighted by molar-refractivity contribution is 5.48. The lowest BCUT2D eigenvalue weighted by Gasteiger charge is -2.26. The summed E-state index contributed by atoms with van der Waals surface area (Å²) < 4.78 is 0. The largest absolute Gasteiger partial charge is 0.367 e. The van der Waals surface area contributed by atoms with Crippen molar-refractivity contribution in [1.29, 1.82) is 0 Å². The first-order chi connectivity index (χ1) is 9.09. The standard InChI is InChI=1S/C14H25N5/c1-14(2,9-15)19-13-8-12(16-10-17-13)18-11-6-4-3-5-7-11/h8,10-11H,3-7,9,15H2,1-2H3,(H2,16,17,18,19). The van der Waals surface area contributed by atoms with Gasteiger partial charge in [0.25, 0.3) is 0 Å². The molecule has 1 aliphatic carbocycles. The van der Waals surface area contributed by atoms with Crippen molar-refractivity contribution in [2.75, 3.05) is 17.2 Å². The van der Waals surface area contributed by atoms with E-state index in [-0.39, 0.29) is 5.54 Å². The summed E-state index contributed by atoms with van der Waals surface area (Å²) in [5.74, 6) is 1.72. The Bertz CT molecular complexity index is 399. The molecule has 19 heavy (non-hydrogen) atoms. The van der Waals surface area contributed by atoms with Gasteiger partial charge in [0.2, 0.25) is 0 Å². The van der Waals surface area contributed by atoms with Gasteiger partial charge in [0, 0.05) is 24.2 Å². The van der Waals surface area contributed by atoms with Crippen LogP contribution in [0.3, 0.4) is 0 Å². The molecule has 5 nitrogen and oxygen atoms in total. The summed E-state index contributed by atoms with van der Waals surface area (Å²) in [7, 11) is 0. The van der Waals surface area contributed by atoms with Crippen molar-refractivity contribution in [3.05, 3.63) is 12.4 Å². The van der Waals surface area contributed by atoms with E-state index < -0.39 is 0 Å². The zero-order valence-electron chi connectivity index (χ0n) is 11.9. The Kier molecular flexibility index (Phi) is 4.58. The van der Waals surface area contributed by atoms with E-state index >= 15 is 0 Å². The SMILES string of the molecule is CC(C)(CN)Nc1cc(NC2CCCCC2)ncn1. The van der Waals surface area contributed by atoms with Gasteiger partial charge in [-0.2, -0.15) is 0 Å². The number of anilines is 2. The highest BCUT2D eigenvalue weighted by atomic mass is 15.1. The van der Waals surface area contributed by atoms with Crippen molar-refractivity contribution >= 4 is 11.6 Å². The lowest BCUT2D eigenvalue weighted by Crippen LogP contribution is -2.39. The first-order valence-corrected chi connectivity index (χ1v) is 7.16. The van der Waals surface area contributed by atoms with Gasteiger partial charge in [-0.05, 0) is 26.7 Å². The second-order valence-electron chi connectivity index (χ2n) is 5.98. The lowest BCUT2D eigenvalue weighted by atomic mass is 9.95. The Labute approximate surface area is 115 Å². The zero-order valence-corrected chi connectivity index (χ0v) is 11.9. The molecule has 1 aromatic heterocycles. The van der Waals surface area contributed by atoms with Crippen molar-refractivity contribution in [3.63, 3.8) is 0 Å². The van der Waals surface area contributed by atoms with E-state index in [0.29, 0.717) is 12.6 Å². The molecule has 0 unspecified atom stereocenters. The molecule has 1 aromatic rings. The average molecular weight is 263 g/mol. The number of hydrogen-bond donors (Lipinski definition) is 3. The fraction of sp³-hybridized carbons (Fsp3) is 0.714. The fourth-order valence-electron chi connectivity index (χ4n) is 2.36. The van der Waals surface area contributed by atoms with Crippen LogP contribution in [0.2, 0.25) is 0 Å².